The number of aliphatic imine (C=N–C) groups is 1. The van der Waals surface area contributed by atoms with Gasteiger partial charge in [0.1, 0.15) is 12.4 Å². The number of benzene rings is 1. The molecule has 140 valence electrons. The van der Waals surface area contributed by atoms with Gasteiger partial charge in [0, 0.05) is 36.2 Å². The minimum absolute atomic E-state index is 0.500. The van der Waals surface area contributed by atoms with E-state index in [2.05, 4.69) is 57.2 Å². The van der Waals surface area contributed by atoms with E-state index in [1.54, 1.807) is 0 Å². The second-order valence-electron chi connectivity index (χ2n) is 6.61. The van der Waals surface area contributed by atoms with Crippen molar-refractivity contribution in [2.75, 3.05) is 32.8 Å². The third-order valence-electron chi connectivity index (χ3n) is 4.39. The molecule has 0 unspecified atom stereocenters. The first-order chi connectivity index (χ1) is 12.1. The molecule has 0 aromatic heterocycles. The van der Waals surface area contributed by atoms with Crippen molar-refractivity contribution in [3.05, 3.63) is 28.7 Å². The van der Waals surface area contributed by atoms with Crippen LogP contribution in [0.15, 0.2) is 33.7 Å². The van der Waals surface area contributed by atoms with Crippen LogP contribution in [0.5, 0.6) is 5.75 Å². The Bertz CT molecular complexity index is 525. The lowest BCUT2D eigenvalue weighted by Crippen LogP contribution is -2.50. The number of hydrogen-bond donors (Lipinski definition) is 2. The molecule has 1 heterocycles. The predicted octanol–water partition coefficient (Wildman–Crippen LogP) is 3.26. The molecular formula is C19H31BrN4O. The SMILES string of the molecule is CCNC(=NCCOc1ccc(Br)cc1)NC1CCN(C(C)C)CC1. The van der Waals surface area contributed by atoms with Crippen molar-refractivity contribution in [1.29, 1.82) is 0 Å². The summed E-state index contributed by atoms with van der Waals surface area (Å²) in [5, 5.41) is 6.91. The van der Waals surface area contributed by atoms with Crippen LogP contribution in [-0.4, -0.2) is 55.7 Å². The van der Waals surface area contributed by atoms with Crippen LogP contribution in [0.1, 0.15) is 33.6 Å². The van der Waals surface area contributed by atoms with Gasteiger partial charge in [-0.05, 0) is 57.9 Å². The Morgan fingerprint density at radius 1 is 1.28 bits per heavy atom. The highest BCUT2D eigenvalue weighted by Gasteiger charge is 2.21. The lowest BCUT2D eigenvalue weighted by molar-refractivity contribution is 0.167. The van der Waals surface area contributed by atoms with Crippen molar-refractivity contribution in [2.45, 2.75) is 45.7 Å². The zero-order valence-electron chi connectivity index (χ0n) is 15.6. The van der Waals surface area contributed by atoms with Crippen molar-refractivity contribution in [2.24, 2.45) is 4.99 Å². The minimum Gasteiger partial charge on any atom is -0.492 e. The molecule has 0 amide bonds. The van der Waals surface area contributed by atoms with Crippen LogP contribution in [0.2, 0.25) is 0 Å². The number of piperidine rings is 1. The maximum Gasteiger partial charge on any atom is 0.191 e. The van der Waals surface area contributed by atoms with Gasteiger partial charge in [-0.2, -0.15) is 0 Å². The van der Waals surface area contributed by atoms with E-state index < -0.39 is 0 Å². The summed E-state index contributed by atoms with van der Waals surface area (Å²) in [5.74, 6) is 1.77. The second-order valence-corrected chi connectivity index (χ2v) is 7.53. The van der Waals surface area contributed by atoms with Crippen LogP contribution in [0.4, 0.5) is 0 Å². The smallest absolute Gasteiger partial charge is 0.191 e. The monoisotopic (exact) mass is 410 g/mol. The molecular weight excluding hydrogens is 380 g/mol. The number of halogens is 1. The zero-order chi connectivity index (χ0) is 18.1. The molecule has 0 spiro atoms. The zero-order valence-corrected chi connectivity index (χ0v) is 17.2. The standard InChI is InChI=1S/C19H31BrN4O/c1-4-21-19(23-17-9-12-24(13-10-17)15(2)3)22-11-14-25-18-7-5-16(20)6-8-18/h5-8,15,17H,4,9-14H2,1-3H3,(H2,21,22,23). The molecule has 0 radical (unpaired) electrons. The summed E-state index contributed by atoms with van der Waals surface area (Å²) in [7, 11) is 0. The number of guanidine groups is 1. The summed E-state index contributed by atoms with van der Waals surface area (Å²) >= 11 is 3.43. The highest BCUT2D eigenvalue weighted by molar-refractivity contribution is 9.10. The summed E-state index contributed by atoms with van der Waals surface area (Å²) in [4.78, 5) is 7.18. The third kappa shape index (κ3) is 7.24. The molecule has 0 saturated carbocycles. The molecule has 1 aliphatic heterocycles. The molecule has 1 aromatic rings. The number of ether oxygens (including phenoxy) is 1. The van der Waals surface area contributed by atoms with Gasteiger partial charge in [-0.15, -0.1) is 0 Å². The van der Waals surface area contributed by atoms with Gasteiger partial charge in [-0.1, -0.05) is 15.9 Å². The normalized spacial score (nSPS) is 16.9. The van der Waals surface area contributed by atoms with E-state index >= 15 is 0 Å². The summed E-state index contributed by atoms with van der Waals surface area (Å²) in [6.45, 7) is 11.0. The van der Waals surface area contributed by atoms with Crippen LogP contribution in [0, 0.1) is 0 Å². The van der Waals surface area contributed by atoms with Gasteiger partial charge in [-0.25, -0.2) is 4.99 Å². The Hall–Kier alpha value is -1.27. The number of hydrogen-bond acceptors (Lipinski definition) is 3. The van der Waals surface area contributed by atoms with Crippen LogP contribution in [0.3, 0.4) is 0 Å². The first-order valence-electron chi connectivity index (χ1n) is 9.25. The van der Waals surface area contributed by atoms with Crippen molar-refractivity contribution < 1.29 is 4.74 Å². The van der Waals surface area contributed by atoms with E-state index in [9.17, 15) is 0 Å². The number of rotatable bonds is 7. The Labute approximate surface area is 160 Å². The molecule has 1 fully saturated rings. The molecule has 25 heavy (non-hydrogen) atoms. The van der Waals surface area contributed by atoms with Crippen LogP contribution in [0.25, 0.3) is 0 Å². The molecule has 6 heteroatoms. The van der Waals surface area contributed by atoms with Gasteiger partial charge < -0.3 is 20.3 Å². The van der Waals surface area contributed by atoms with Crippen molar-refractivity contribution in [1.82, 2.24) is 15.5 Å². The van der Waals surface area contributed by atoms with Gasteiger partial charge in [0.2, 0.25) is 0 Å². The number of nitrogens with zero attached hydrogens (tertiary/aromatic N) is 2. The molecule has 2 N–H and O–H groups in total. The van der Waals surface area contributed by atoms with Gasteiger partial charge in [-0.3, -0.25) is 0 Å². The molecule has 1 aliphatic rings. The maximum absolute atomic E-state index is 5.73. The van der Waals surface area contributed by atoms with Gasteiger partial charge in [0.25, 0.3) is 0 Å². The fourth-order valence-electron chi connectivity index (χ4n) is 2.93. The minimum atomic E-state index is 0.500. The first-order valence-corrected chi connectivity index (χ1v) is 10.0. The molecule has 0 bridgehead atoms. The molecule has 5 nitrogen and oxygen atoms in total. The van der Waals surface area contributed by atoms with Gasteiger partial charge in [0.05, 0.1) is 6.54 Å². The Morgan fingerprint density at radius 3 is 2.56 bits per heavy atom. The largest absolute Gasteiger partial charge is 0.492 e. The average molecular weight is 411 g/mol. The van der Waals surface area contributed by atoms with Gasteiger partial charge >= 0.3 is 0 Å². The molecule has 1 saturated heterocycles. The van der Waals surface area contributed by atoms with E-state index in [1.165, 1.54) is 0 Å². The number of nitrogens with one attached hydrogen (secondary N) is 2. The Morgan fingerprint density at radius 2 is 1.96 bits per heavy atom. The van der Waals surface area contributed by atoms with E-state index in [1.807, 2.05) is 24.3 Å². The summed E-state index contributed by atoms with van der Waals surface area (Å²) < 4.78 is 6.79. The number of likely N-dealkylation sites (tertiary alicyclic amines) is 1. The fraction of sp³-hybridized carbons (Fsp3) is 0.632. The molecule has 2 rings (SSSR count). The van der Waals surface area contributed by atoms with Crippen LogP contribution < -0.4 is 15.4 Å². The third-order valence-corrected chi connectivity index (χ3v) is 4.92. The van der Waals surface area contributed by atoms with E-state index in [0.717, 1.165) is 48.7 Å². The average Bonchev–Trinajstić information content (AvgIpc) is 2.61. The predicted molar refractivity (Wildman–Crippen MR) is 108 cm³/mol. The summed E-state index contributed by atoms with van der Waals surface area (Å²) in [6.07, 6.45) is 2.33. The van der Waals surface area contributed by atoms with Crippen LogP contribution in [-0.2, 0) is 0 Å². The van der Waals surface area contributed by atoms with Crippen LogP contribution >= 0.6 is 15.9 Å². The van der Waals surface area contributed by atoms with Gasteiger partial charge in [0.15, 0.2) is 5.96 Å². The van der Waals surface area contributed by atoms with Crippen molar-refractivity contribution >= 4 is 21.9 Å². The Kier molecular flexibility index (Phi) is 8.55. The van der Waals surface area contributed by atoms with Crippen molar-refractivity contribution in [3.8, 4) is 5.75 Å². The molecule has 0 aliphatic carbocycles. The lowest BCUT2D eigenvalue weighted by Gasteiger charge is -2.35. The first kappa shape index (κ1) is 20.0. The highest BCUT2D eigenvalue weighted by Crippen LogP contribution is 2.16. The second kappa shape index (κ2) is 10.7. The highest BCUT2D eigenvalue weighted by atomic mass is 79.9. The fourth-order valence-corrected chi connectivity index (χ4v) is 3.19. The topological polar surface area (TPSA) is 48.9 Å². The van der Waals surface area contributed by atoms with E-state index in [-0.39, 0.29) is 0 Å². The lowest BCUT2D eigenvalue weighted by atomic mass is 10.0. The summed E-state index contributed by atoms with van der Waals surface area (Å²) in [5.41, 5.74) is 0. The Balaban J connectivity index is 1.75. The van der Waals surface area contributed by atoms with E-state index in [0.29, 0.717) is 25.2 Å². The van der Waals surface area contributed by atoms with E-state index in [4.69, 9.17) is 4.74 Å². The molecule has 1 aromatic carbocycles. The summed E-state index contributed by atoms with van der Waals surface area (Å²) in [6, 6.07) is 9.01. The molecule has 0 atom stereocenters. The quantitative estimate of drug-likeness (QED) is 0.411. The van der Waals surface area contributed by atoms with Crippen molar-refractivity contribution in [3.63, 3.8) is 0 Å². The maximum atomic E-state index is 5.73.